The van der Waals surface area contributed by atoms with Gasteiger partial charge in [-0.1, -0.05) is 0 Å². The van der Waals surface area contributed by atoms with Gasteiger partial charge < -0.3 is 19.4 Å². The Morgan fingerprint density at radius 2 is 1.72 bits per heavy atom. The largest absolute Gasteiger partial charge is 0.469 e. The van der Waals surface area contributed by atoms with Crippen molar-refractivity contribution in [3.8, 4) is 0 Å². The third kappa shape index (κ3) is 5.56. The van der Waals surface area contributed by atoms with Gasteiger partial charge in [-0.2, -0.15) is 0 Å². The highest BCUT2D eigenvalue weighted by molar-refractivity contribution is 5.83. The van der Waals surface area contributed by atoms with Crippen molar-refractivity contribution in [1.82, 2.24) is 9.88 Å². The quantitative estimate of drug-likeness (QED) is 0.703. The molecule has 7 heteroatoms. The first kappa shape index (κ1) is 18.9. The first-order valence-corrected chi connectivity index (χ1v) is 8.15. The molecule has 2 aromatic rings. The van der Waals surface area contributed by atoms with E-state index in [0.29, 0.717) is 26.1 Å². The SMILES string of the molecule is COC(=O)CCN(CCC(=O)OC)CCc1c[nH]c2ccc(F)cc12. The van der Waals surface area contributed by atoms with E-state index in [-0.39, 0.29) is 30.6 Å². The predicted molar refractivity (Wildman–Crippen MR) is 91.7 cm³/mol. The standard InChI is InChI=1S/C18H23FN2O4/c1-24-17(22)6-9-21(10-7-18(23)25-2)8-5-13-12-20-16-4-3-14(19)11-15(13)16/h3-4,11-12,20H,5-10H2,1-2H3. The summed E-state index contributed by atoms with van der Waals surface area (Å²) in [5.74, 6) is -0.865. The van der Waals surface area contributed by atoms with E-state index in [9.17, 15) is 14.0 Å². The van der Waals surface area contributed by atoms with E-state index in [1.54, 1.807) is 6.07 Å². The van der Waals surface area contributed by atoms with Crippen molar-refractivity contribution in [3.63, 3.8) is 0 Å². The molecular weight excluding hydrogens is 327 g/mol. The van der Waals surface area contributed by atoms with Crippen molar-refractivity contribution in [2.24, 2.45) is 0 Å². The molecule has 0 bridgehead atoms. The molecule has 0 aliphatic heterocycles. The normalized spacial score (nSPS) is 11.0. The van der Waals surface area contributed by atoms with E-state index in [1.807, 2.05) is 11.1 Å². The maximum absolute atomic E-state index is 13.5. The van der Waals surface area contributed by atoms with Gasteiger partial charge in [0, 0.05) is 36.7 Å². The minimum atomic E-state index is -0.294. The van der Waals surface area contributed by atoms with Crippen LogP contribution in [0.4, 0.5) is 4.39 Å². The maximum Gasteiger partial charge on any atom is 0.306 e. The number of aromatic nitrogens is 1. The summed E-state index contributed by atoms with van der Waals surface area (Å²) in [6.07, 6.45) is 3.04. The van der Waals surface area contributed by atoms with Gasteiger partial charge in [0.15, 0.2) is 0 Å². The number of carbonyl (C=O) groups is 2. The average Bonchev–Trinajstić information content (AvgIpc) is 3.02. The number of nitrogens with one attached hydrogen (secondary N) is 1. The number of esters is 2. The number of rotatable bonds is 9. The predicted octanol–water partition coefficient (Wildman–Crippen LogP) is 2.28. The zero-order valence-electron chi connectivity index (χ0n) is 14.5. The first-order chi connectivity index (χ1) is 12.0. The molecule has 1 aromatic carbocycles. The van der Waals surface area contributed by atoms with Gasteiger partial charge in [-0.05, 0) is 30.2 Å². The Bertz CT molecular complexity index is 709. The van der Waals surface area contributed by atoms with Crippen molar-refractivity contribution >= 4 is 22.8 Å². The average molecular weight is 350 g/mol. The molecule has 0 unspecified atom stereocenters. The van der Waals surface area contributed by atoms with Crippen LogP contribution in [0.2, 0.25) is 0 Å². The monoisotopic (exact) mass is 350 g/mol. The Labute approximate surface area is 145 Å². The van der Waals surface area contributed by atoms with Crippen LogP contribution in [0, 0.1) is 5.82 Å². The molecule has 2 rings (SSSR count). The topological polar surface area (TPSA) is 71.6 Å². The molecule has 1 N–H and O–H groups in total. The van der Waals surface area contributed by atoms with Crippen molar-refractivity contribution in [2.45, 2.75) is 19.3 Å². The van der Waals surface area contributed by atoms with Crippen LogP contribution in [0.3, 0.4) is 0 Å². The van der Waals surface area contributed by atoms with Gasteiger partial charge in [-0.3, -0.25) is 9.59 Å². The van der Waals surface area contributed by atoms with Crippen molar-refractivity contribution < 1.29 is 23.5 Å². The number of H-pyrrole nitrogens is 1. The lowest BCUT2D eigenvalue weighted by Crippen LogP contribution is -2.31. The molecule has 1 heterocycles. The zero-order valence-corrected chi connectivity index (χ0v) is 14.5. The van der Waals surface area contributed by atoms with Crippen LogP contribution in [-0.2, 0) is 25.5 Å². The van der Waals surface area contributed by atoms with Crippen LogP contribution < -0.4 is 0 Å². The molecule has 0 fully saturated rings. The summed E-state index contributed by atoms with van der Waals surface area (Å²) < 4.78 is 22.8. The molecule has 0 saturated carbocycles. The fraction of sp³-hybridized carbons (Fsp3) is 0.444. The number of aromatic amines is 1. The fourth-order valence-electron chi connectivity index (χ4n) is 2.67. The minimum absolute atomic E-state index is 0.250. The lowest BCUT2D eigenvalue weighted by atomic mass is 10.1. The second kappa shape index (κ2) is 9.17. The summed E-state index contributed by atoms with van der Waals surface area (Å²) in [5, 5.41) is 0.848. The van der Waals surface area contributed by atoms with Crippen LogP contribution in [0.15, 0.2) is 24.4 Å². The summed E-state index contributed by atoms with van der Waals surface area (Å²) in [6.45, 7) is 1.61. The van der Waals surface area contributed by atoms with Crippen LogP contribution in [0.1, 0.15) is 18.4 Å². The third-order valence-electron chi connectivity index (χ3n) is 4.15. The number of methoxy groups -OCH3 is 2. The van der Waals surface area contributed by atoms with Gasteiger partial charge in [0.2, 0.25) is 0 Å². The molecule has 0 spiro atoms. The van der Waals surface area contributed by atoms with E-state index in [1.165, 1.54) is 26.4 Å². The highest BCUT2D eigenvalue weighted by atomic mass is 19.1. The summed E-state index contributed by atoms with van der Waals surface area (Å²) in [6, 6.07) is 4.64. The Kier molecular flexibility index (Phi) is 6.94. The molecular formula is C18H23FN2O4. The van der Waals surface area contributed by atoms with E-state index in [2.05, 4.69) is 14.5 Å². The molecule has 25 heavy (non-hydrogen) atoms. The van der Waals surface area contributed by atoms with Crippen LogP contribution in [0.25, 0.3) is 10.9 Å². The van der Waals surface area contributed by atoms with E-state index in [0.717, 1.165) is 16.5 Å². The maximum atomic E-state index is 13.5. The molecule has 6 nitrogen and oxygen atoms in total. The Hall–Kier alpha value is -2.41. The van der Waals surface area contributed by atoms with Crippen LogP contribution >= 0.6 is 0 Å². The summed E-state index contributed by atoms with van der Waals surface area (Å²) >= 11 is 0. The molecule has 136 valence electrons. The second-order valence-electron chi connectivity index (χ2n) is 5.75. The van der Waals surface area contributed by atoms with Gasteiger partial charge in [0.05, 0.1) is 27.1 Å². The summed E-state index contributed by atoms with van der Waals surface area (Å²) in [5.41, 5.74) is 1.88. The van der Waals surface area contributed by atoms with Crippen LogP contribution in [0.5, 0.6) is 0 Å². The van der Waals surface area contributed by atoms with E-state index in [4.69, 9.17) is 0 Å². The number of halogens is 1. The molecule has 0 radical (unpaired) electrons. The number of benzene rings is 1. The highest BCUT2D eigenvalue weighted by Crippen LogP contribution is 2.20. The zero-order chi connectivity index (χ0) is 18.2. The number of carbonyl (C=O) groups excluding carboxylic acids is 2. The molecule has 0 aliphatic rings. The number of ether oxygens (including phenoxy) is 2. The lowest BCUT2D eigenvalue weighted by Gasteiger charge is -2.21. The highest BCUT2D eigenvalue weighted by Gasteiger charge is 2.13. The Balaban J connectivity index is 1.99. The smallest absolute Gasteiger partial charge is 0.306 e. The first-order valence-electron chi connectivity index (χ1n) is 8.15. The summed E-state index contributed by atoms with van der Waals surface area (Å²) in [4.78, 5) is 27.9. The number of hydrogen-bond donors (Lipinski definition) is 1. The van der Waals surface area contributed by atoms with Gasteiger partial charge >= 0.3 is 11.9 Å². The number of nitrogens with zero attached hydrogens (tertiary/aromatic N) is 1. The van der Waals surface area contributed by atoms with Gasteiger partial charge in [0.1, 0.15) is 5.82 Å². The lowest BCUT2D eigenvalue weighted by molar-refractivity contribution is -0.141. The van der Waals surface area contributed by atoms with Crippen molar-refractivity contribution in [3.05, 3.63) is 35.8 Å². The van der Waals surface area contributed by atoms with Gasteiger partial charge in [-0.25, -0.2) is 4.39 Å². The fourth-order valence-corrected chi connectivity index (χ4v) is 2.67. The van der Waals surface area contributed by atoms with Gasteiger partial charge in [-0.15, -0.1) is 0 Å². The third-order valence-corrected chi connectivity index (χ3v) is 4.15. The molecule has 0 amide bonds. The van der Waals surface area contributed by atoms with E-state index >= 15 is 0 Å². The van der Waals surface area contributed by atoms with Gasteiger partial charge in [0.25, 0.3) is 0 Å². The van der Waals surface area contributed by atoms with Crippen molar-refractivity contribution in [1.29, 1.82) is 0 Å². The van der Waals surface area contributed by atoms with Crippen molar-refractivity contribution in [2.75, 3.05) is 33.9 Å². The number of fused-ring (bicyclic) bond motifs is 1. The summed E-state index contributed by atoms with van der Waals surface area (Å²) in [7, 11) is 2.70. The Morgan fingerprint density at radius 3 is 2.32 bits per heavy atom. The van der Waals surface area contributed by atoms with E-state index < -0.39 is 0 Å². The number of hydrogen-bond acceptors (Lipinski definition) is 5. The Morgan fingerprint density at radius 1 is 1.08 bits per heavy atom. The molecule has 1 aromatic heterocycles. The molecule has 0 aliphatic carbocycles. The minimum Gasteiger partial charge on any atom is -0.469 e. The molecule has 0 saturated heterocycles. The van der Waals surface area contributed by atoms with Crippen LogP contribution in [-0.4, -0.2) is 55.7 Å². The molecule has 0 atom stereocenters. The second-order valence-corrected chi connectivity index (χ2v) is 5.75.